The van der Waals surface area contributed by atoms with E-state index in [2.05, 4.69) is 4.98 Å². The van der Waals surface area contributed by atoms with Gasteiger partial charge in [-0.25, -0.2) is 9.78 Å². The number of methoxy groups -OCH3 is 1. The number of ether oxygens (including phenoxy) is 1. The van der Waals surface area contributed by atoms with Crippen molar-refractivity contribution in [2.75, 3.05) is 26.8 Å². The predicted molar refractivity (Wildman–Crippen MR) is 81.2 cm³/mol. The number of fused-ring (bicyclic) bond motifs is 1. The molecule has 1 saturated heterocycles. The van der Waals surface area contributed by atoms with E-state index in [0.717, 1.165) is 36.3 Å². The van der Waals surface area contributed by atoms with E-state index < -0.39 is 6.09 Å². The summed E-state index contributed by atoms with van der Waals surface area (Å²) in [4.78, 5) is 17.0. The first-order valence-electron chi connectivity index (χ1n) is 7.53. The maximum absolute atomic E-state index is 10.9. The second-order valence-corrected chi connectivity index (χ2v) is 5.64. The summed E-state index contributed by atoms with van der Waals surface area (Å²) in [5.41, 5.74) is 2.83. The summed E-state index contributed by atoms with van der Waals surface area (Å²) >= 11 is 0. The molecule has 2 aromatic rings. The number of carboxylic acid groups (broad SMARTS) is 1. The van der Waals surface area contributed by atoms with E-state index in [1.165, 1.54) is 10.5 Å². The summed E-state index contributed by atoms with van der Waals surface area (Å²) < 4.78 is 10.9. The molecule has 2 heterocycles. The number of piperidine rings is 1. The van der Waals surface area contributed by atoms with Crippen molar-refractivity contribution in [2.45, 2.75) is 25.2 Å². The fourth-order valence-corrected chi connectivity index (χ4v) is 2.86. The van der Waals surface area contributed by atoms with Crippen LogP contribution in [0.5, 0.6) is 0 Å². The van der Waals surface area contributed by atoms with E-state index >= 15 is 0 Å². The first kappa shape index (κ1) is 14.8. The zero-order valence-corrected chi connectivity index (χ0v) is 12.6. The molecule has 22 heavy (non-hydrogen) atoms. The van der Waals surface area contributed by atoms with Gasteiger partial charge in [-0.05, 0) is 37.0 Å². The lowest BCUT2D eigenvalue weighted by atomic mass is 9.97. The van der Waals surface area contributed by atoms with Gasteiger partial charge in [0, 0.05) is 26.1 Å². The monoisotopic (exact) mass is 304 g/mol. The first-order chi connectivity index (χ1) is 10.7. The average molecular weight is 304 g/mol. The van der Waals surface area contributed by atoms with E-state index in [4.69, 9.17) is 14.3 Å². The summed E-state index contributed by atoms with van der Waals surface area (Å²) in [6.07, 6.45) is 1.52. The smallest absolute Gasteiger partial charge is 0.407 e. The van der Waals surface area contributed by atoms with Crippen molar-refractivity contribution in [3.63, 3.8) is 0 Å². The Balaban J connectivity index is 1.73. The van der Waals surface area contributed by atoms with Gasteiger partial charge in [-0.1, -0.05) is 6.07 Å². The van der Waals surface area contributed by atoms with Crippen LogP contribution < -0.4 is 0 Å². The summed E-state index contributed by atoms with van der Waals surface area (Å²) in [5, 5.41) is 8.99. The number of hydrogen-bond donors (Lipinski definition) is 1. The van der Waals surface area contributed by atoms with Crippen LogP contribution in [-0.2, 0) is 11.2 Å². The number of rotatable bonds is 4. The van der Waals surface area contributed by atoms with Crippen LogP contribution in [0.2, 0.25) is 0 Å². The fraction of sp³-hybridized carbons (Fsp3) is 0.500. The molecule has 0 saturated carbocycles. The van der Waals surface area contributed by atoms with E-state index in [-0.39, 0.29) is 5.92 Å². The number of amides is 1. The molecule has 1 aliphatic heterocycles. The van der Waals surface area contributed by atoms with Gasteiger partial charge in [0.2, 0.25) is 0 Å². The third-order valence-corrected chi connectivity index (χ3v) is 4.18. The normalized spacial score (nSPS) is 16.3. The Morgan fingerprint density at radius 1 is 1.45 bits per heavy atom. The van der Waals surface area contributed by atoms with Gasteiger partial charge in [0.05, 0.1) is 6.61 Å². The number of carbonyl (C=O) groups is 1. The summed E-state index contributed by atoms with van der Waals surface area (Å²) in [7, 11) is 1.69. The molecule has 6 nitrogen and oxygen atoms in total. The number of aromatic nitrogens is 1. The van der Waals surface area contributed by atoms with Gasteiger partial charge in [0.1, 0.15) is 5.52 Å². The second kappa shape index (κ2) is 6.36. The molecule has 1 fully saturated rings. The molecule has 0 bridgehead atoms. The van der Waals surface area contributed by atoms with Gasteiger partial charge < -0.3 is 19.2 Å². The predicted octanol–water partition coefficient (Wildman–Crippen LogP) is 2.87. The molecule has 0 atom stereocenters. The van der Waals surface area contributed by atoms with Crippen molar-refractivity contribution < 1.29 is 19.1 Å². The topological polar surface area (TPSA) is 75.8 Å². The SMILES string of the molecule is COCCc1ccc2oc(C3CCN(C(=O)O)CC3)nc2c1. The van der Waals surface area contributed by atoms with Crippen molar-refractivity contribution >= 4 is 17.2 Å². The second-order valence-electron chi connectivity index (χ2n) is 5.64. The Bertz CT molecular complexity index is 659. The average Bonchev–Trinajstić information content (AvgIpc) is 2.96. The molecule has 1 aromatic heterocycles. The third-order valence-electron chi connectivity index (χ3n) is 4.18. The first-order valence-corrected chi connectivity index (χ1v) is 7.53. The van der Waals surface area contributed by atoms with Crippen LogP contribution in [0.4, 0.5) is 4.79 Å². The molecule has 0 radical (unpaired) electrons. The molecule has 1 aliphatic rings. The van der Waals surface area contributed by atoms with E-state index in [1.807, 2.05) is 18.2 Å². The standard InChI is InChI=1S/C16H20N2O4/c1-21-9-6-11-2-3-14-13(10-11)17-15(22-14)12-4-7-18(8-5-12)16(19)20/h2-3,10,12H,4-9H2,1H3,(H,19,20). The summed E-state index contributed by atoms with van der Waals surface area (Å²) in [6, 6.07) is 6.01. The van der Waals surface area contributed by atoms with Crippen LogP contribution in [0.15, 0.2) is 22.6 Å². The number of hydrogen-bond acceptors (Lipinski definition) is 4. The number of oxazole rings is 1. The van der Waals surface area contributed by atoms with Gasteiger partial charge in [-0.15, -0.1) is 0 Å². The molecule has 6 heteroatoms. The zero-order valence-electron chi connectivity index (χ0n) is 12.6. The molecule has 0 spiro atoms. The minimum absolute atomic E-state index is 0.199. The number of likely N-dealkylation sites (tertiary alicyclic amines) is 1. The molecule has 0 aliphatic carbocycles. The molecule has 3 rings (SSSR count). The quantitative estimate of drug-likeness (QED) is 0.940. The highest BCUT2D eigenvalue weighted by molar-refractivity contribution is 5.73. The summed E-state index contributed by atoms with van der Waals surface area (Å²) in [6.45, 7) is 1.76. The van der Waals surface area contributed by atoms with Crippen molar-refractivity contribution in [3.05, 3.63) is 29.7 Å². The van der Waals surface area contributed by atoms with Gasteiger partial charge in [0.15, 0.2) is 11.5 Å². The Hall–Kier alpha value is -2.08. The van der Waals surface area contributed by atoms with Gasteiger partial charge >= 0.3 is 6.09 Å². The molecule has 0 unspecified atom stereocenters. The van der Waals surface area contributed by atoms with Gasteiger partial charge in [-0.2, -0.15) is 0 Å². The van der Waals surface area contributed by atoms with E-state index in [0.29, 0.717) is 19.7 Å². The number of benzene rings is 1. The highest BCUT2D eigenvalue weighted by atomic mass is 16.5. The Morgan fingerprint density at radius 2 is 2.23 bits per heavy atom. The molecule has 1 amide bonds. The molecule has 1 N–H and O–H groups in total. The van der Waals surface area contributed by atoms with Gasteiger partial charge in [0.25, 0.3) is 0 Å². The Kier molecular flexibility index (Phi) is 4.29. The van der Waals surface area contributed by atoms with E-state index in [1.54, 1.807) is 7.11 Å². The van der Waals surface area contributed by atoms with Crippen molar-refractivity contribution in [3.8, 4) is 0 Å². The minimum Gasteiger partial charge on any atom is -0.465 e. The Morgan fingerprint density at radius 3 is 2.91 bits per heavy atom. The van der Waals surface area contributed by atoms with Crippen LogP contribution in [0, 0.1) is 0 Å². The maximum atomic E-state index is 10.9. The molecular weight excluding hydrogens is 284 g/mol. The van der Waals surface area contributed by atoms with Crippen LogP contribution >= 0.6 is 0 Å². The van der Waals surface area contributed by atoms with Gasteiger partial charge in [-0.3, -0.25) is 0 Å². The van der Waals surface area contributed by atoms with Crippen LogP contribution in [0.1, 0.15) is 30.2 Å². The lowest BCUT2D eigenvalue weighted by Crippen LogP contribution is -2.36. The highest BCUT2D eigenvalue weighted by Gasteiger charge is 2.26. The number of nitrogens with zero attached hydrogens (tertiary/aromatic N) is 2. The van der Waals surface area contributed by atoms with Crippen LogP contribution in [0.25, 0.3) is 11.1 Å². The maximum Gasteiger partial charge on any atom is 0.407 e. The molecule has 1 aromatic carbocycles. The summed E-state index contributed by atoms with van der Waals surface area (Å²) in [5.74, 6) is 0.925. The largest absolute Gasteiger partial charge is 0.465 e. The lowest BCUT2D eigenvalue weighted by Gasteiger charge is -2.28. The highest BCUT2D eigenvalue weighted by Crippen LogP contribution is 2.30. The van der Waals surface area contributed by atoms with Crippen LogP contribution in [0.3, 0.4) is 0 Å². The van der Waals surface area contributed by atoms with Crippen LogP contribution in [-0.4, -0.2) is 47.9 Å². The zero-order chi connectivity index (χ0) is 15.5. The third kappa shape index (κ3) is 3.06. The van der Waals surface area contributed by atoms with E-state index in [9.17, 15) is 4.79 Å². The lowest BCUT2D eigenvalue weighted by molar-refractivity contribution is 0.129. The molecule has 118 valence electrons. The fourth-order valence-electron chi connectivity index (χ4n) is 2.86. The minimum atomic E-state index is -0.848. The van der Waals surface area contributed by atoms with Crippen molar-refractivity contribution in [2.24, 2.45) is 0 Å². The Labute approximate surface area is 128 Å². The van der Waals surface area contributed by atoms with Crippen molar-refractivity contribution in [1.29, 1.82) is 0 Å². The van der Waals surface area contributed by atoms with Crippen molar-refractivity contribution in [1.82, 2.24) is 9.88 Å². The molecular formula is C16H20N2O4.